The number of likely N-dealkylation sites (N-methyl/N-ethyl adjacent to an activating group) is 1. The first-order valence-corrected chi connectivity index (χ1v) is 11.5. The van der Waals surface area contributed by atoms with Gasteiger partial charge in [0.2, 0.25) is 11.8 Å². The second-order valence-electron chi connectivity index (χ2n) is 6.59. The SMILES string of the molecule is CCNC(=O)[C@H](CC)N(Cc1ccc(Cl)cc1)C(=O)CSCc1ccc(Cl)cc1. The first-order valence-electron chi connectivity index (χ1n) is 9.58. The molecular formula is C22H26Cl2N2O2S. The zero-order valence-electron chi connectivity index (χ0n) is 16.7. The van der Waals surface area contributed by atoms with Crippen LogP contribution >= 0.6 is 35.0 Å². The molecule has 0 radical (unpaired) electrons. The number of amides is 2. The standard InChI is InChI=1S/C22H26Cl2N2O2S/c1-3-20(22(28)25-4-2)26(13-16-5-9-18(23)10-6-16)21(27)15-29-14-17-7-11-19(24)12-8-17/h5-12,20H,3-4,13-15H2,1-2H3,(H,25,28)/t20-/m0/s1. The molecule has 0 unspecified atom stereocenters. The predicted molar refractivity (Wildman–Crippen MR) is 122 cm³/mol. The highest BCUT2D eigenvalue weighted by molar-refractivity contribution is 7.99. The Morgan fingerprint density at radius 1 is 0.966 bits per heavy atom. The summed E-state index contributed by atoms with van der Waals surface area (Å²) in [5.41, 5.74) is 2.04. The van der Waals surface area contributed by atoms with Crippen LogP contribution in [0.3, 0.4) is 0 Å². The van der Waals surface area contributed by atoms with E-state index in [1.54, 1.807) is 17.0 Å². The van der Waals surface area contributed by atoms with Crippen LogP contribution in [-0.2, 0) is 21.9 Å². The maximum absolute atomic E-state index is 13.0. The summed E-state index contributed by atoms with van der Waals surface area (Å²) in [4.78, 5) is 27.3. The third-order valence-corrected chi connectivity index (χ3v) is 5.90. The highest BCUT2D eigenvalue weighted by Gasteiger charge is 2.28. The molecule has 4 nitrogen and oxygen atoms in total. The Morgan fingerprint density at radius 2 is 1.52 bits per heavy atom. The van der Waals surface area contributed by atoms with E-state index in [0.29, 0.717) is 41.1 Å². The number of rotatable bonds is 10. The van der Waals surface area contributed by atoms with E-state index in [9.17, 15) is 9.59 Å². The van der Waals surface area contributed by atoms with Crippen LogP contribution in [0.2, 0.25) is 10.0 Å². The number of nitrogens with one attached hydrogen (secondary N) is 1. The Labute approximate surface area is 187 Å². The van der Waals surface area contributed by atoms with Crippen molar-refractivity contribution in [1.29, 1.82) is 0 Å². The minimum atomic E-state index is -0.505. The lowest BCUT2D eigenvalue weighted by molar-refractivity contribution is -0.139. The average Bonchev–Trinajstić information content (AvgIpc) is 2.71. The Kier molecular flexibility index (Phi) is 9.85. The molecule has 0 fully saturated rings. The van der Waals surface area contributed by atoms with Gasteiger partial charge in [0.1, 0.15) is 6.04 Å². The first-order chi connectivity index (χ1) is 13.9. The monoisotopic (exact) mass is 452 g/mol. The van der Waals surface area contributed by atoms with Gasteiger partial charge in [0, 0.05) is 28.9 Å². The molecular weight excluding hydrogens is 427 g/mol. The van der Waals surface area contributed by atoms with Crippen LogP contribution < -0.4 is 5.32 Å². The van der Waals surface area contributed by atoms with Gasteiger partial charge in [-0.3, -0.25) is 9.59 Å². The quantitative estimate of drug-likeness (QED) is 0.540. The second kappa shape index (κ2) is 12.1. The van der Waals surface area contributed by atoms with E-state index in [0.717, 1.165) is 11.1 Å². The predicted octanol–water partition coefficient (Wildman–Crippen LogP) is 5.17. The highest BCUT2D eigenvalue weighted by atomic mass is 35.5. The molecule has 2 aromatic carbocycles. The van der Waals surface area contributed by atoms with Crippen LogP contribution in [0, 0.1) is 0 Å². The topological polar surface area (TPSA) is 49.4 Å². The molecule has 0 aliphatic rings. The molecule has 0 bridgehead atoms. The van der Waals surface area contributed by atoms with Gasteiger partial charge in [-0.1, -0.05) is 54.4 Å². The third-order valence-electron chi connectivity index (χ3n) is 4.41. The highest BCUT2D eigenvalue weighted by Crippen LogP contribution is 2.19. The fourth-order valence-electron chi connectivity index (χ4n) is 2.92. The Hall–Kier alpha value is -1.69. The van der Waals surface area contributed by atoms with Gasteiger partial charge in [0.05, 0.1) is 5.75 Å². The second-order valence-corrected chi connectivity index (χ2v) is 8.44. The largest absolute Gasteiger partial charge is 0.355 e. The maximum Gasteiger partial charge on any atom is 0.242 e. The van der Waals surface area contributed by atoms with Crippen molar-refractivity contribution >= 4 is 46.8 Å². The maximum atomic E-state index is 13.0. The van der Waals surface area contributed by atoms with E-state index in [2.05, 4.69) is 5.32 Å². The molecule has 1 atom stereocenters. The number of nitrogens with zero attached hydrogens (tertiary/aromatic N) is 1. The molecule has 0 aromatic heterocycles. The van der Waals surface area contributed by atoms with Crippen LogP contribution in [0.25, 0.3) is 0 Å². The smallest absolute Gasteiger partial charge is 0.242 e. The van der Waals surface area contributed by atoms with Crippen LogP contribution in [0.15, 0.2) is 48.5 Å². The van der Waals surface area contributed by atoms with Crippen molar-refractivity contribution in [2.75, 3.05) is 12.3 Å². The number of hydrogen-bond acceptors (Lipinski definition) is 3. The van der Waals surface area contributed by atoms with Gasteiger partial charge in [0.25, 0.3) is 0 Å². The van der Waals surface area contributed by atoms with E-state index in [1.165, 1.54) is 11.8 Å². The molecule has 0 aliphatic heterocycles. The number of thioether (sulfide) groups is 1. The summed E-state index contributed by atoms with van der Waals surface area (Å²) in [6.07, 6.45) is 0.549. The van der Waals surface area contributed by atoms with Gasteiger partial charge in [-0.15, -0.1) is 11.8 Å². The zero-order chi connectivity index (χ0) is 21.2. The molecule has 0 saturated heterocycles. The van der Waals surface area contributed by atoms with E-state index in [4.69, 9.17) is 23.2 Å². The molecule has 0 saturated carbocycles. The van der Waals surface area contributed by atoms with Gasteiger partial charge < -0.3 is 10.2 Å². The Bertz CT molecular complexity index is 797. The minimum Gasteiger partial charge on any atom is -0.355 e. The molecule has 7 heteroatoms. The van der Waals surface area contributed by atoms with Gasteiger partial charge in [-0.05, 0) is 48.7 Å². The Balaban J connectivity index is 2.08. The van der Waals surface area contributed by atoms with Gasteiger partial charge in [0.15, 0.2) is 0 Å². The van der Waals surface area contributed by atoms with Crippen LogP contribution in [0.4, 0.5) is 0 Å². The summed E-state index contributed by atoms with van der Waals surface area (Å²) >= 11 is 13.4. The molecule has 1 N–H and O–H groups in total. The first kappa shape index (κ1) is 23.6. The number of halogens is 2. The summed E-state index contributed by atoms with van der Waals surface area (Å²) in [6.45, 7) is 4.69. The van der Waals surface area contributed by atoms with Crippen LogP contribution in [0.1, 0.15) is 31.4 Å². The van der Waals surface area contributed by atoms with Gasteiger partial charge in [-0.2, -0.15) is 0 Å². The Morgan fingerprint density at radius 3 is 2.03 bits per heavy atom. The van der Waals surface area contributed by atoms with Crippen molar-refractivity contribution in [1.82, 2.24) is 10.2 Å². The fourth-order valence-corrected chi connectivity index (χ4v) is 4.04. The van der Waals surface area contributed by atoms with Crippen LogP contribution in [0.5, 0.6) is 0 Å². The summed E-state index contributed by atoms with van der Waals surface area (Å²) < 4.78 is 0. The molecule has 2 rings (SSSR count). The van der Waals surface area contributed by atoms with Gasteiger partial charge in [-0.25, -0.2) is 0 Å². The number of hydrogen-bond donors (Lipinski definition) is 1. The molecule has 29 heavy (non-hydrogen) atoms. The van der Waals surface area contributed by atoms with E-state index < -0.39 is 6.04 Å². The van der Waals surface area contributed by atoms with Crippen molar-refractivity contribution in [2.24, 2.45) is 0 Å². The summed E-state index contributed by atoms with van der Waals surface area (Å²) in [7, 11) is 0. The fraction of sp³-hybridized carbons (Fsp3) is 0.364. The average molecular weight is 453 g/mol. The van der Waals surface area contributed by atoms with E-state index in [1.807, 2.05) is 50.2 Å². The lowest BCUT2D eigenvalue weighted by Gasteiger charge is -2.30. The van der Waals surface area contributed by atoms with Crippen LogP contribution in [-0.4, -0.2) is 35.1 Å². The number of carbonyl (C=O) groups excluding carboxylic acids is 2. The minimum absolute atomic E-state index is 0.0583. The normalized spacial score (nSPS) is 11.7. The number of carbonyl (C=O) groups is 2. The number of benzene rings is 2. The lowest BCUT2D eigenvalue weighted by atomic mass is 10.1. The lowest BCUT2D eigenvalue weighted by Crippen LogP contribution is -2.49. The molecule has 156 valence electrons. The molecule has 2 aromatic rings. The van der Waals surface area contributed by atoms with Crippen molar-refractivity contribution in [3.8, 4) is 0 Å². The van der Waals surface area contributed by atoms with Crippen molar-refractivity contribution in [3.63, 3.8) is 0 Å². The molecule has 0 spiro atoms. The van der Waals surface area contributed by atoms with Gasteiger partial charge >= 0.3 is 0 Å². The summed E-state index contributed by atoms with van der Waals surface area (Å²) in [5, 5.41) is 4.17. The molecule has 0 heterocycles. The molecule has 0 aliphatic carbocycles. The van der Waals surface area contributed by atoms with Crippen molar-refractivity contribution in [2.45, 2.75) is 38.6 Å². The summed E-state index contributed by atoms with van der Waals surface area (Å²) in [5.74, 6) is 0.818. The third kappa shape index (κ3) is 7.57. The molecule has 2 amide bonds. The van der Waals surface area contributed by atoms with Crippen molar-refractivity contribution < 1.29 is 9.59 Å². The zero-order valence-corrected chi connectivity index (χ0v) is 19.0. The van der Waals surface area contributed by atoms with Crippen molar-refractivity contribution in [3.05, 3.63) is 69.7 Å². The van der Waals surface area contributed by atoms with E-state index >= 15 is 0 Å². The van der Waals surface area contributed by atoms with E-state index in [-0.39, 0.29) is 11.8 Å². The summed E-state index contributed by atoms with van der Waals surface area (Å²) in [6, 6.07) is 14.4.